The molecule has 3 fully saturated rings. The Hall–Kier alpha value is -1.68. The lowest BCUT2D eigenvalue weighted by molar-refractivity contribution is -0.328. The van der Waals surface area contributed by atoms with Crippen LogP contribution in [0.25, 0.3) is 0 Å². The van der Waals surface area contributed by atoms with Gasteiger partial charge in [-0.3, -0.25) is 0 Å². The van der Waals surface area contributed by atoms with Crippen LogP contribution in [0.3, 0.4) is 0 Å². The topological polar surface area (TPSA) is 27.7 Å². The van der Waals surface area contributed by atoms with Crippen LogP contribution < -0.4 is 0 Å². The van der Waals surface area contributed by atoms with Crippen molar-refractivity contribution in [3.05, 3.63) is 71.8 Å². The fourth-order valence-corrected chi connectivity index (χ4v) is 4.65. The van der Waals surface area contributed by atoms with E-state index in [4.69, 9.17) is 14.2 Å². The van der Waals surface area contributed by atoms with Crippen LogP contribution in [0.4, 0.5) is 0 Å². The Bertz CT molecular complexity index is 687. The van der Waals surface area contributed by atoms with Gasteiger partial charge in [0.1, 0.15) is 5.60 Å². The molecule has 0 amide bonds. The van der Waals surface area contributed by atoms with Crippen LogP contribution in [0, 0.1) is 5.92 Å². The molecule has 1 aliphatic carbocycles. The lowest BCUT2D eigenvalue weighted by atomic mass is 9.65. The average Bonchev–Trinajstić information content (AvgIpc) is 2.66. The summed E-state index contributed by atoms with van der Waals surface area (Å²) < 4.78 is 19.4. The first-order valence-electron chi connectivity index (χ1n) is 9.98. The Kier molecular flexibility index (Phi) is 5.11. The summed E-state index contributed by atoms with van der Waals surface area (Å²) in [6.07, 6.45) is 2.15. The number of ether oxygens (including phenoxy) is 3. The number of hydrogen-bond acceptors (Lipinski definition) is 3. The molecule has 144 valence electrons. The number of hydrogen-bond donors (Lipinski definition) is 0. The molecule has 3 heteroatoms. The van der Waals surface area contributed by atoms with Gasteiger partial charge in [0.15, 0.2) is 0 Å². The summed E-state index contributed by atoms with van der Waals surface area (Å²) in [5, 5.41) is 0. The molecule has 5 rings (SSSR count). The number of fused-ring (bicyclic) bond motifs is 3. The van der Waals surface area contributed by atoms with E-state index in [9.17, 15) is 0 Å². The van der Waals surface area contributed by atoms with Gasteiger partial charge < -0.3 is 14.2 Å². The molecule has 0 N–H and O–H groups in total. The second-order valence-electron chi connectivity index (χ2n) is 8.63. The fraction of sp³-hybridized carbons (Fsp3) is 0.500. The summed E-state index contributed by atoms with van der Waals surface area (Å²) in [6, 6.07) is 20.7. The van der Waals surface area contributed by atoms with Gasteiger partial charge in [-0.1, -0.05) is 60.7 Å². The second-order valence-corrected chi connectivity index (χ2v) is 8.63. The zero-order valence-electron chi connectivity index (χ0n) is 16.6. The summed E-state index contributed by atoms with van der Waals surface area (Å²) in [5.74, 6) is 0.445. The van der Waals surface area contributed by atoms with Crippen molar-refractivity contribution in [2.24, 2.45) is 5.92 Å². The summed E-state index contributed by atoms with van der Waals surface area (Å²) in [7, 11) is 0. The molecule has 2 atom stereocenters. The van der Waals surface area contributed by atoms with Crippen molar-refractivity contribution in [2.45, 2.75) is 70.2 Å². The van der Waals surface area contributed by atoms with Gasteiger partial charge in [0, 0.05) is 0 Å². The van der Waals surface area contributed by atoms with Crippen molar-refractivity contribution in [1.82, 2.24) is 0 Å². The third-order valence-corrected chi connectivity index (χ3v) is 6.33. The second kappa shape index (κ2) is 7.38. The van der Waals surface area contributed by atoms with Gasteiger partial charge in [0.25, 0.3) is 0 Å². The van der Waals surface area contributed by atoms with Gasteiger partial charge in [0.05, 0.1) is 31.0 Å². The Morgan fingerprint density at radius 1 is 0.778 bits per heavy atom. The predicted molar refractivity (Wildman–Crippen MR) is 106 cm³/mol. The van der Waals surface area contributed by atoms with Gasteiger partial charge in [-0.2, -0.15) is 0 Å². The highest BCUT2D eigenvalue weighted by atomic mass is 16.6. The number of rotatable bonds is 6. The van der Waals surface area contributed by atoms with Crippen LogP contribution in [0.2, 0.25) is 0 Å². The number of benzene rings is 2. The van der Waals surface area contributed by atoms with Crippen molar-refractivity contribution in [1.29, 1.82) is 0 Å². The van der Waals surface area contributed by atoms with Crippen molar-refractivity contribution < 1.29 is 14.2 Å². The minimum atomic E-state index is -0.429. The molecule has 2 aromatic rings. The zero-order chi connectivity index (χ0) is 18.9. The van der Waals surface area contributed by atoms with Crippen molar-refractivity contribution >= 4 is 0 Å². The SMILES string of the molecule is CC1(C)OC2(C)C(OCc3ccccc3)CC1CC2OCc1ccccc1. The largest absolute Gasteiger partial charge is 0.370 e. The molecule has 2 aromatic carbocycles. The molecule has 0 aromatic heterocycles. The molecule has 0 radical (unpaired) electrons. The maximum atomic E-state index is 6.61. The van der Waals surface area contributed by atoms with Crippen molar-refractivity contribution in [2.75, 3.05) is 0 Å². The van der Waals surface area contributed by atoms with Gasteiger partial charge in [-0.25, -0.2) is 0 Å². The predicted octanol–water partition coefficient (Wildman–Crippen LogP) is 5.13. The molecular weight excluding hydrogens is 336 g/mol. The summed E-state index contributed by atoms with van der Waals surface area (Å²) in [5.41, 5.74) is 1.84. The quantitative estimate of drug-likeness (QED) is 0.709. The summed E-state index contributed by atoms with van der Waals surface area (Å²) in [4.78, 5) is 0. The fourth-order valence-electron chi connectivity index (χ4n) is 4.65. The van der Waals surface area contributed by atoms with E-state index in [2.05, 4.69) is 69.3 Å². The van der Waals surface area contributed by atoms with E-state index >= 15 is 0 Å². The smallest absolute Gasteiger partial charge is 0.118 e. The van der Waals surface area contributed by atoms with Gasteiger partial charge in [-0.15, -0.1) is 0 Å². The molecule has 2 bridgehead atoms. The average molecular weight is 367 g/mol. The lowest BCUT2D eigenvalue weighted by Gasteiger charge is -2.60. The summed E-state index contributed by atoms with van der Waals surface area (Å²) in [6.45, 7) is 7.81. The molecule has 3 aliphatic rings. The van der Waals surface area contributed by atoms with Crippen LogP contribution in [0.15, 0.2) is 60.7 Å². The standard InChI is InChI=1S/C24H30O3/c1-23(2)20-14-21(25-16-18-10-6-4-7-11-18)24(3,27-23)22(15-20)26-17-19-12-8-5-9-13-19/h4-13,20-22H,14-17H2,1-3H3. The Morgan fingerprint density at radius 2 is 1.22 bits per heavy atom. The normalized spacial score (nSPS) is 31.7. The molecule has 2 saturated heterocycles. The van der Waals surface area contributed by atoms with Crippen LogP contribution in [-0.2, 0) is 27.4 Å². The van der Waals surface area contributed by atoms with Crippen LogP contribution in [0.5, 0.6) is 0 Å². The lowest BCUT2D eigenvalue weighted by Crippen LogP contribution is -2.68. The molecule has 0 spiro atoms. The Labute approximate surface area is 162 Å². The van der Waals surface area contributed by atoms with E-state index in [0.717, 1.165) is 12.8 Å². The first-order valence-corrected chi connectivity index (χ1v) is 9.98. The van der Waals surface area contributed by atoms with E-state index in [-0.39, 0.29) is 17.8 Å². The molecule has 2 aliphatic heterocycles. The molecule has 2 heterocycles. The minimum Gasteiger partial charge on any atom is -0.370 e. The monoisotopic (exact) mass is 366 g/mol. The maximum absolute atomic E-state index is 6.61. The van der Waals surface area contributed by atoms with Gasteiger partial charge in [-0.05, 0) is 50.7 Å². The van der Waals surface area contributed by atoms with E-state index < -0.39 is 5.60 Å². The van der Waals surface area contributed by atoms with E-state index in [1.54, 1.807) is 0 Å². The molecule has 1 saturated carbocycles. The molecular formula is C24H30O3. The first kappa shape index (κ1) is 18.7. The van der Waals surface area contributed by atoms with Crippen LogP contribution >= 0.6 is 0 Å². The van der Waals surface area contributed by atoms with Gasteiger partial charge >= 0.3 is 0 Å². The Balaban J connectivity index is 1.47. The highest BCUT2D eigenvalue weighted by molar-refractivity contribution is 5.16. The first-order chi connectivity index (χ1) is 13.0. The Morgan fingerprint density at radius 3 is 1.67 bits per heavy atom. The van der Waals surface area contributed by atoms with E-state index in [0.29, 0.717) is 19.1 Å². The molecule has 27 heavy (non-hydrogen) atoms. The highest BCUT2D eigenvalue weighted by Crippen LogP contribution is 2.52. The third kappa shape index (κ3) is 3.82. The minimum absolute atomic E-state index is 0.0465. The van der Waals surface area contributed by atoms with Crippen molar-refractivity contribution in [3.8, 4) is 0 Å². The van der Waals surface area contributed by atoms with E-state index in [1.165, 1.54) is 11.1 Å². The van der Waals surface area contributed by atoms with E-state index in [1.807, 2.05) is 12.1 Å². The van der Waals surface area contributed by atoms with Crippen molar-refractivity contribution in [3.63, 3.8) is 0 Å². The van der Waals surface area contributed by atoms with Gasteiger partial charge in [0.2, 0.25) is 0 Å². The molecule has 2 unspecified atom stereocenters. The van der Waals surface area contributed by atoms with Crippen LogP contribution in [-0.4, -0.2) is 23.4 Å². The van der Waals surface area contributed by atoms with Crippen LogP contribution in [0.1, 0.15) is 44.7 Å². The maximum Gasteiger partial charge on any atom is 0.118 e. The summed E-state index contributed by atoms with van der Waals surface area (Å²) >= 11 is 0. The third-order valence-electron chi connectivity index (χ3n) is 6.33. The molecule has 3 nitrogen and oxygen atoms in total. The highest BCUT2D eigenvalue weighted by Gasteiger charge is 2.60. The zero-order valence-corrected chi connectivity index (χ0v) is 16.6.